The van der Waals surface area contributed by atoms with Crippen LogP contribution >= 0.6 is 11.3 Å². The summed E-state index contributed by atoms with van der Waals surface area (Å²) in [5, 5.41) is 14.2. The van der Waals surface area contributed by atoms with Gasteiger partial charge in [0, 0.05) is 44.2 Å². The number of aryl methyl sites for hydroxylation is 1. The molecule has 0 radical (unpaired) electrons. The molecule has 0 saturated carbocycles. The monoisotopic (exact) mass is 373 g/mol. The van der Waals surface area contributed by atoms with E-state index in [4.69, 9.17) is 5.11 Å². The third-order valence-electron chi connectivity index (χ3n) is 4.80. The minimum Gasteiger partial charge on any atom is -0.396 e. The number of nitrogens with one attached hydrogen (secondary N) is 1. The third kappa shape index (κ3) is 4.84. The number of nitrogens with zero attached hydrogens (tertiary/aromatic N) is 2. The molecule has 1 unspecified atom stereocenters. The SMILES string of the molecule is Cc1ccc(C(NC(=O)N2CCN(CCCO)CC2)c2cccs2)cc1. The first kappa shape index (κ1) is 18.9. The fraction of sp³-hybridized carbons (Fsp3) is 0.450. The van der Waals surface area contributed by atoms with Crippen molar-refractivity contribution in [2.75, 3.05) is 39.3 Å². The van der Waals surface area contributed by atoms with E-state index in [0.29, 0.717) is 0 Å². The van der Waals surface area contributed by atoms with E-state index in [-0.39, 0.29) is 18.7 Å². The summed E-state index contributed by atoms with van der Waals surface area (Å²) in [5.41, 5.74) is 2.32. The molecule has 0 bridgehead atoms. The van der Waals surface area contributed by atoms with Gasteiger partial charge in [0.15, 0.2) is 0 Å². The number of thiophene rings is 1. The number of hydrogen-bond acceptors (Lipinski definition) is 4. The van der Waals surface area contributed by atoms with Gasteiger partial charge in [-0.3, -0.25) is 4.90 Å². The Labute approximate surface area is 159 Å². The summed E-state index contributed by atoms with van der Waals surface area (Å²) in [6.45, 7) is 6.36. The molecular weight excluding hydrogens is 346 g/mol. The minimum absolute atomic E-state index is 0.00853. The number of urea groups is 1. The Bertz CT molecular complexity index is 680. The molecule has 140 valence electrons. The molecule has 2 heterocycles. The second-order valence-electron chi connectivity index (χ2n) is 6.71. The Balaban J connectivity index is 1.64. The molecule has 1 fully saturated rings. The fourth-order valence-corrected chi connectivity index (χ4v) is 4.02. The summed E-state index contributed by atoms with van der Waals surface area (Å²) < 4.78 is 0. The highest BCUT2D eigenvalue weighted by atomic mass is 32.1. The molecule has 2 aromatic rings. The molecule has 1 aromatic heterocycles. The number of aliphatic hydroxyl groups excluding tert-OH is 1. The smallest absolute Gasteiger partial charge is 0.318 e. The van der Waals surface area contributed by atoms with Gasteiger partial charge in [-0.2, -0.15) is 0 Å². The predicted octanol–water partition coefficient (Wildman–Crippen LogP) is 2.86. The minimum atomic E-state index is -0.115. The molecule has 0 spiro atoms. The van der Waals surface area contributed by atoms with Crippen LogP contribution in [0.5, 0.6) is 0 Å². The molecule has 0 aliphatic carbocycles. The summed E-state index contributed by atoms with van der Waals surface area (Å²) in [5.74, 6) is 0. The zero-order valence-electron chi connectivity index (χ0n) is 15.2. The fourth-order valence-electron chi connectivity index (χ4n) is 3.22. The summed E-state index contributed by atoms with van der Waals surface area (Å²) in [6.07, 6.45) is 0.792. The van der Waals surface area contributed by atoms with Crippen LogP contribution in [0.4, 0.5) is 4.79 Å². The van der Waals surface area contributed by atoms with Crippen molar-refractivity contribution in [3.8, 4) is 0 Å². The van der Waals surface area contributed by atoms with E-state index >= 15 is 0 Å². The molecule has 2 N–H and O–H groups in total. The first-order valence-corrected chi connectivity index (χ1v) is 10.0. The molecule has 1 atom stereocenters. The normalized spacial score (nSPS) is 16.5. The van der Waals surface area contributed by atoms with Crippen molar-refractivity contribution < 1.29 is 9.90 Å². The zero-order valence-corrected chi connectivity index (χ0v) is 16.0. The van der Waals surface area contributed by atoms with Crippen molar-refractivity contribution in [1.29, 1.82) is 0 Å². The number of benzene rings is 1. The van der Waals surface area contributed by atoms with Crippen molar-refractivity contribution in [2.24, 2.45) is 0 Å². The van der Waals surface area contributed by atoms with Gasteiger partial charge < -0.3 is 15.3 Å². The van der Waals surface area contributed by atoms with E-state index in [9.17, 15) is 4.79 Å². The number of carbonyl (C=O) groups excluding carboxylic acids is 1. The van der Waals surface area contributed by atoms with Crippen LogP contribution in [0, 0.1) is 6.92 Å². The highest BCUT2D eigenvalue weighted by molar-refractivity contribution is 7.10. The quantitative estimate of drug-likeness (QED) is 0.819. The van der Waals surface area contributed by atoms with Gasteiger partial charge in [0.1, 0.15) is 0 Å². The van der Waals surface area contributed by atoms with Crippen molar-refractivity contribution >= 4 is 17.4 Å². The molecule has 1 aliphatic rings. The largest absolute Gasteiger partial charge is 0.396 e. The van der Waals surface area contributed by atoms with Crippen molar-refractivity contribution in [3.63, 3.8) is 0 Å². The Morgan fingerprint density at radius 1 is 1.19 bits per heavy atom. The van der Waals surface area contributed by atoms with Gasteiger partial charge in [0.25, 0.3) is 0 Å². The van der Waals surface area contributed by atoms with Gasteiger partial charge in [0.2, 0.25) is 0 Å². The molecule has 26 heavy (non-hydrogen) atoms. The Kier molecular flexibility index (Phi) is 6.66. The predicted molar refractivity (Wildman–Crippen MR) is 106 cm³/mol. The van der Waals surface area contributed by atoms with E-state index in [0.717, 1.165) is 49.6 Å². The number of rotatable bonds is 6. The van der Waals surface area contributed by atoms with Crippen LogP contribution in [0.1, 0.15) is 28.5 Å². The second kappa shape index (κ2) is 9.16. The highest BCUT2D eigenvalue weighted by Crippen LogP contribution is 2.26. The van der Waals surface area contributed by atoms with E-state index in [1.165, 1.54) is 5.56 Å². The topological polar surface area (TPSA) is 55.8 Å². The maximum atomic E-state index is 12.8. The summed E-state index contributed by atoms with van der Waals surface area (Å²) in [7, 11) is 0. The van der Waals surface area contributed by atoms with Crippen LogP contribution in [0.2, 0.25) is 0 Å². The number of amides is 2. The van der Waals surface area contributed by atoms with Crippen LogP contribution in [-0.4, -0.2) is 60.3 Å². The van der Waals surface area contributed by atoms with Gasteiger partial charge >= 0.3 is 6.03 Å². The summed E-state index contributed by atoms with van der Waals surface area (Å²) in [6, 6.07) is 12.3. The van der Waals surface area contributed by atoms with Gasteiger partial charge in [-0.05, 0) is 30.4 Å². The molecule has 1 saturated heterocycles. The van der Waals surface area contributed by atoms with Gasteiger partial charge in [-0.15, -0.1) is 11.3 Å². The second-order valence-corrected chi connectivity index (χ2v) is 7.69. The van der Waals surface area contributed by atoms with E-state index in [1.54, 1.807) is 11.3 Å². The lowest BCUT2D eigenvalue weighted by atomic mass is 10.0. The summed E-state index contributed by atoms with van der Waals surface area (Å²) >= 11 is 1.66. The van der Waals surface area contributed by atoms with Crippen LogP contribution in [0.15, 0.2) is 41.8 Å². The zero-order chi connectivity index (χ0) is 18.4. The van der Waals surface area contributed by atoms with E-state index in [1.807, 2.05) is 16.3 Å². The van der Waals surface area contributed by atoms with Crippen LogP contribution in [-0.2, 0) is 0 Å². The number of piperazine rings is 1. The molecule has 3 rings (SSSR count). The molecule has 6 heteroatoms. The average Bonchev–Trinajstić information content (AvgIpc) is 3.20. The molecule has 1 aromatic carbocycles. The first-order chi connectivity index (χ1) is 12.7. The van der Waals surface area contributed by atoms with Crippen LogP contribution in [0.3, 0.4) is 0 Å². The Morgan fingerprint density at radius 2 is 1.92 bits per heavy atom. The Hall–Kier alpha value is -1.89. The number of hydrogen-bond donors (Lipinski definition) is 2. The standard InChI is InChI=1S/C20H27N3O2S/c1-16-5-7-17(8-6-16)19(18-4-2-15-26-18)21-20(25)23-12-10-22(11-13-23)9-3-14-24/h2,4-8,15,19,24H,3,9-14H2,1H3,(H,21,25). The first-order valence-electron chi connectivity index (χ1n) is 9.16. The van der Waals surface area contributed by atoms with Crippen molar-refractivity contribution in [2.45, 2.75) is 19.4 Å². The lowest BCUT2D eigenvalue weighted by molar-refractivity contribution is 0.131. The molecule has 1 aliphatic heterocycles. The van der Waals surface area contributed by atoms with Gasteiger partial charge in [-0.25, -0.2) is 4.79 Å². The maximum Gasteiger partial charge on any atom is 0.318 e. The summed E-state index contributed by atoms with van der Waals surface area (Å²) in [4.78, 5) is 18.2. The van der Waals surface area contributed by atoms with Crippen LogP contribution < -0.4 is 5.32 Å². The van der Waals surface area contributed by atoms with Gasteiger partial charge in [-0.1, -0.05) is 35.9 Å². The third-order valence-corrected chi connectivity index (χ3v) is 5.74. The van der Waals surface area contributed by atoms with Crippen molar-refractivity contribution in [1.82, 2.24) is 15.1 Å². The van der Waals surface area contributed by atoms with Gasteiger partial charge in [0.05, 0.1) is 6.04 Å². The lowest BCUT2D eigenvalue weighted by Gasteiger charge is -2.35. The van der Waals surface area contributed by atoms with Crippen molar-refractivity contribution in [3.05, 3.63) is 57.8 Å². The molecule has 2 amide bonds. The number of aliphatic hydroxyl groups is 1. The Morgan fingerprint density at radius 3 is 2.54 bits per heavy atom. The highest BCUT2D eigenvalue weighted by Gasteiger charge is 2.24. The molecular formula is C20H27N3O2S. The number of carbonyl (C=O) groups is 1. The molecule has 5 nitrogen and oxygen atoms in total. The maximum absolute atomic E-state index is 12.8. The average molecular weight is 374 g/mol. The van der Waals surface area contributed by atoms with E-state index in [2.05, 4.69) is 47.5 Å². The van der Waals surface area contributed by atoms with Crippen LogP contribution in [0.25, 0.3) is 0 Å². The lowest BCUT2D eigenvalue weighted by Crippen LogP contribution is -2.52. The van der Waals surface area contributed by atoms with E-state index < -0.39 is 0 Å².